The monoisotopic (exact) mass is 244 g/mol. The van der Waals surface area contributed by atoms with Crippen LogP contribution in [-0.2, 0) is 0 Å². The van der Waals surface area contributed by atoms with Gasteiger partial charge in [-0.25, -0.2) is 9.69 Å². The molecule has 1 aromatic rings. The molecule has 0 radical (unpaired) electrons. The number of urea groups is 1. The van der Waals surface area contributed by atoms with Crippen LogP contribution < -0.4 is 9.64 Å². The Morgan fingerprint density at radius 2 is 2.38 bits per heavy atom. The minimum Gasteiger partial charge on any atom is -0.472 e. The fourth-order valence-corrected chi connectivity index (χ4v) is 2.19. The van der Waals surface area contributed by atoms with Crippen LogP contribution in [0.5, 0.6) is 5.19 Å². The fourth-order valence-electron chi connectivity index (χ4n) is 1.49. The molecule has 0 bridgehead atoms. The highest BCUT2D eigenvalue weighted by Crippen LogP contribution is 2.29. The molecule has 0 aromatic carbocycles. The molecule has 1 saturated heterocycles. The van der Waals surface area contributed by atoms with Gasteiger partial charge in [0.15, 0.2) is 6.23 Å². The first-order chi connectivity index (χ1) is 7.67. The second-order valence-electron chi connectivity index (χ2n) is 3.23. The molecule has 1 N–H and O–H groups in total. The van der Waals surface area contributed by atoms with Gasteiger partial charge in [0.1, 0.15) is 0 Å². The summed E-state index contributed by atoms with van der Waals surface area (Å²) in [5.74, 6) is 0. The second kappa shape index (κ2) is 4.22. The fraction of sp³-hybridized carbons (Fsp3) is 0.625. The molecule has 0 spiro atoms. The predicted octanol–water partition coefficient (Wildman–Crippen LogP) is 0.127. The normalized spacial score (nSPS) is 20.7. The third kappa shape index (κ3) is 1.69. The lowest BCUT2D eigenvalue weighted by Crippen LogP contribution is -2.34. The summed E-state index contributed by atoms with van der Waals surface area (Å²) in [6.45, 7) is 2.70. The number of carbonyl (C=O) groups is 1. The largest absolute Gasteiger partial charge is 0.472 e. The first kappa shape index (κ1) is 11.1. The molecule has 8 heteroatoms. The third-order valence-electron chi connectivity index (χ3n) is 2.32. The van der Waals surface area contributed by atoms with E-state index in [1.54, 1.807) is 4.90 Å². The highest BCUT2D eigenvalue weighted by Gasteiger charge is 2.38. The number of carbonyl (C=O) groups excluding carboxylic acids is 1. The summed E-state index contributed by atoms with van der Waals surface area (Å²) >= 11 is 1.12. The zero-order valence-electron chi connectivity index (χ0n) is 8.95. The van der Waals surface area contributed by atoms with Gasteiger partial charge in [0, 0.05) is 6.54 Å². The average Bonchev–Trinajstić information content (AvgIpc) is 2.83. The number of ether oxygens (including phenoxy) is 1. The topological polar surface area (TPSA) is 78.8 Å². The van der Waals surface area contributed by atoms with Crippen LogP contribution in [-0.4, -0.2) is 52.7 Å². The van der Waals surface area contributed by atoms with Gasteiger partial charge in [-0.2, -0.15) is 0 Å². The van der Waals surface area contributed by atoms with Gasteiger partial charge >= 0.3 is 6.03 Å². The Kier molecular flexibility index (Phi) is 2.92. The molecule has 1 fully saturated rings. The molecule has 7 nitrogen and oxygen atoms in total. The van der Waals surface area contributed by atoms with E-state index < -0.39 is 6.23 Å². The van der Waals surface area contributed by atoms with Crippen LogP contribution in [0.15, 0.2) is 0 Å². The predicted molar refractivity (Wildman–Crippen MR) is 57.6 cm³/mol. The molecular weight excluding hydrogens is 232 g/mol. The van der Waals surface area contributed by atoms with Crippen LogP contribution in [0.25, 0.3) is 0 Å². The average molecular weight is 244 g/mol. The quantitative estimate of drug-likeness (QED) is 0.817. The Morgan fingerprint density at radius 3 is 2.88 bits per heavy atom. The number of aliphatic hydroxyl groups is 1. The number of β-amino-alcohol motifs (C(OH)–C–C–N with tert-alkyl or cyclic N) is 1. The van der Waals surface area contributed by atoms with E-state index in [0.29, 0.717) is 16.9 Å². The lowest BCUT2D eigenvalue weighted by molar-refractivity contribution is 0.178. The summed E-state index contributed by atoms with van der Waals surface area (Å²) < 4.78 is 4.89. The van der Waals surface area contributed by atoms with Crippen molar-refractivity contribution in [1.29, 1.82) is 0 Å². The second-order valence-corrected chi connectivity index (χ2v) is 4.15. The van der Waals surface area contributed by atoms with Crippen molar-refractivity contribution in [2.45, 2.75) is 13.2 Å². The number of hydrogen-bond acceptors (Lipinski definition) is 6. The molecule has 1 atom stereocenters. The van der Waals surface area contributed by atoms with E-state index in [1.165, 1.54) is 12.0 Å². The van der Waals surface area contributed by atoms with Crippen LogP contribution in [0.4, 0.5) is 9.93 Å². The van der Waals surface area contributed by atoms with Gasteiger partial charge in [-0.3, -0.25) is 0 Å². The first-order valence-corrected chi connectivity index (χ1v) is 5.62. The van der Waals surface area contributed by atoms with Crippen molar-refractivity contribution in [3.63, 3.8) is 0 Å². The number of anilines is 1. The van der Waals surface area contributed by atoms with E-state index in [9.17, 15) is 9.90 Å². The van der Waals surface area contributed by atoms with Gasteiger partial charge in [-0.15, -0.1) is 5.10 Å². The Balaban J connectivity index is 2.23. The van der Waals surface area contributed by atoms with E-state index in [0.717, 1.165) is 11.3 Å². The Hall–Kier alpha value is -1.41. The molecule has 1 aromatic heterocycles. The molecule has 2 heterocycles. The molecule has 1 aliphatic rings. The molecule has 16 heavy (non-hydrogen) atoms. The molecule has 2 rings (SSSR count). The minimum atomic E-state index is -0.870. The SMILES string of the molecule is CCN1CC(O)N(c2nnc(OC)s2)C1=O. The molecule has 0 saturated carbocycles. The summed E-state index contributed by atoms with van der Waals surface area (Å²) in [6.07, 6.45) is -0.870. The van der Waals surface area contributed by atoms with E-state index in [1.807, 2.05) is 6.92 Å². The van der Waals surface area contributed by atoms with Crippen LogP contribution in [0.1, 0.15) is 6.92 Å². The zero-order chi connectivity index (χ0) is 11.7. The molecular formula is C8H12N4O3S. The highest BCUT2D eigenvalue weighted by molar-refractivity contribution is 7.17. The van der Waals surface area contributed by atoms with Crippen molar-refractivity contribution < 1.29 is 14.6 Å². The van der Waals surface area contributed by atoms with E-state index in [4.69, 9.17) is 4.74 Å². The Morgan fingerprint density at radius 1 is 1.62 bits per heavy atom. The summed E-state index contributed by atoms with van der Waals surface area (Å²) in [5.41, 5.74) is 0. The van der Waals surface area contributed by atoms with Crippen molar-refractivity contribution >= 4 is 22.5 Å². The summed E-state index contributed by atoms with van der Waals surface area (Å²) in [6, 6.07) is -0.256. The van der Waals surface area contributed by atoms with Crippen molar-refractivity contribution in [2.75, 3.05) is 25.1 Å². The number of aromatic nitrogens is 2. The minimum absolute atomic E-state index is 0.256. The smallest absolute Gasteiger partial charge is 0.328 e. The maximum atomic E-state index is 11.8. The molecule has 2 amide bonds. The number of hydrogen-bond donors (Lipinski definition) is 1. The number of amides is 2. The van der Waals surface area contributed by atoms with Crippen LogP contribution >= 0.6 is 11.3 Å². The molecule has 1 aliphatic heterocycles. The number of methoxy groups -OCH3 is 1. The number of likely N-dealkylation sites (N-methyl/N-ethyl adjacent to an activating group) is 1. The molecule has 0 aliphatic carbocycles. The van der Waals surface area contributed by atoms with Gasteiger partial charge in [0.05, 0.1) is 13.7 Å². The van der Waals surface area contributed by atoms with Gasteiger partial charge in [0.2, 0.25) is 5.13 Å². The first-order valence-electron chi connectivity index (χ1n) is 4.81. The maximum absolute atomic E-state index is 11.8. The van der Waals surface area contributed by atoms with Crippen molar-refractivity contribution in [2.24, 2.45) is 0 Å². The summed E-state index contributed by atoms with van der Waals surface area (Å²) in [4.78, 5) is 14.6. The zero-order valence-corrected chi connectivity index (χ0v) is 9.77. The standard InChI is InChI=1S/C8H12N4O3S/c1-3-11-4-5(13)12(8(11)14)6-9-10-7(15-2)16-6/h5,13H,3-4H2,1-2H3. The van der Waals surface area contributed by atoms with Crippen molar-refractivity contribution in [3.8, 4) is 5.19 Å². The van der Waals surface area contributed by atoms with Gasteiger partial charge in [0.25, 0.3) is 5.19 Å². The lowest BCUT2D eigenvalue weighted by Gasteiger charge is -2.14. The van der Waals surface area contributed by atoms with Gasteiger partial charge in [-0.1, -0.05) is 5.10 Å². The summed E-state index contributed by atoms with van der Waals surface area (Å²) in [5, 5.41) is 18.0. The molecule has 1 unspecified atom stereocenters. The van der Waals surface area contributed by atoms with Crippen LogP contribution in [0.3, 0.4) is 0 Å². The number of rotatable bonds is 3. The number of aliphatic hydroxyl groups excluding tert-OH is 1. The Bertz CT molecular complexity index is 396. The Labute approximate surface area is 96.3 Å². The molecule has 88 valence electrons. The van der Waals surface area contributed by atoms with Gasteiger partial charge < -0.3 is 14.7 Å². The van der Waals surface area contributed by atoms with Crippen LogP contribution in [0.2, 0.25) is 0 Å². The lowest BCUT2D eigenvalue weighted by atomic mass is 10.5. The number of nitrogens with zero attached hydrogens (tertiary/aromatic N) is 4. The van der Waals surface area contributed by atoms with E-state index in [2.05, 4.69) is 10.2 Å². The summed E-state index contributed by atoms with van der Waals surface area (Å²) in [7, 11) is 1.48. The van der Waals surface area contributed by atoms with E-state index >= 15 is 0 Å². The van der Waals surface area contributed by atoms with Gasteiger partial charge in [-0.05, 0) is 18.3 Å². The maximum Gasteiger partial charge on any atom is 0.328 e. The third-order valence-corrected chi connectivity index (χ3v) is 3.20. The van der Waals surface area contributed by atoms with Crippen molar-refractivity contribution in [1.82, 2.24) is 15.1 Å². The highest BCUT2D eigenvalue weighted by atomic mass is 32.1. The van der Waals surface area contributed by atoms with E-state index in [-0.39, 0.29) is 12.6 Å². The van der Waals surface area contributed by atoms with Crippen molar-refractivity contribution in [3.05, 3.63) is 0 Å². The van der Waals surface area contributed by atoms with Crippen LogP contribution in [0, 0.1) is 0 Å².